The van der Waals surface area contributed by atoms with E-state index in [0.29, 0.717) is 29.8 Å². The standard InChI is InChI=1S/C20H24N2O2S.ClH/c21-20-11-5-9-17-13-22(14-19(17)20)25(23,24)18-10-4-8-16(12-18)15-6-2-1-3-7-15;/h1-4,6-8,10,12,17,19-20H,5,9,11,13-14,21H2;1H. The number of rotatable bonds is 3. The lowest BCUT2D eigenvalue weighted by Gasteiger charge is -2.29. The Hall–Kier alpha value is -1.40. The van der Waals surface area contributed by atoms with Gasteiger partial charge in [-0.25, -0.2) is 8.42 Å². The number of halogens is 1. The smallest absolute Gasteiger partial charge is 0.243 e. The molecule has 140 valence electrons. The van der Waals surface area contributed by atoms with Crippen LogP contribution in [0.4, 0.5) is 0 Å². The second kappa shape index (κ2) is 7.69. The second-order valence-corrected chi connectivity index (χ2v) is 9.17. The molecule has 3 atom stereocenters. The van der Waals surface area contributed by atoms with Crippen molar-refractivity contribution in [2.24, 2.45) is 17.6 Å². The van der Waals surface area contributed by atoms with Gasteiger partial charge in [-0.05, 0) is 47.9 Å². The van der Waals surface area contributed by atoms with Crippen molar-refractivity contribution < 1.29 is 8.42 Å². The molecule has 2 N–H and O–H groups in total. The molecule has 4 rings (SSSR count). The lowest BCUT2D eigenvalue weighted by atomic mass is 9.78. The van der Waals surface area contributed by atoms with Crippen molar-refractivity contribution >= 4 is 22.4 Å². The Morgan fingerprint density at radius 3 is 2.38 bits per heavy atom. The summed E-state index contributed by atoms with van der Waals surface area (Å²) in [6.45, 7) is 1.17. The van der Waals surface area contributed by atoms with E-state index in [1.165, 1.54) is 0 Å². The Kier molecular flexibility index (Phi) is 5.72. The van der Waals surface area contributed by atoms with Gasteiger partial charge in [0.25, 0.3) is 0 Å². The summed E-state index contributed by atoms with van der Waals surface area (Å²) in [7, 11) is -3.47. The predicted octanol–water partition coefficient (Wildman–Crippen LogP) is 3.52. The van der Waals surface area contributed by atoms with Crippen molar-refractivity contribution in [3.8, 4) is 11.1 Å². The van der Waals surface area contributed by atoms with Gasteiger partial charge in [0, 0.05) is 19.1 Å². The molecule has 1 saturated carbocycles. The topological polar surface area (TPSA) is 63.4 Å². The monoisotopic (exact) mass is 392 g/mol. The normalized spacial score (nSPS) is 26.1. The number of nitrogens with zero attached hydrogens (tertiary/aromatic N) is 1. The quantitative estimate of drug-likeness (QED) is 0.869. The molecular weight excluding hydrogens is 368 g/mol. The predicted molar refractivity (Wildman–Crippen MR) is 107 cm³/mol. The summed E-state index contributed by atoms with van der Waals surface area (Å²) in [6.07, 6.45) is 3.21. The van der Waals surface area contributed by atoms with Crippen LogP contribution in [-0.2, 0) is 10.0 Å². The third-order valence-corrected chi connectivity index (χ3v) is 7.53. The minimum atomic E-state index is -3.47. The van der Waals surface area contributed by atoms with E-state index in [9.17, 15) is 8.42 Å². The molecule has 1 aliphatic carbocycles. The highest BCUT2D eigenvalue weighted by Gasteiger charge is 2.43. The third-order valence-electron chi connectivity index (χ3n) is 5.70. The van der Waals surface area contributed by atoms with Gasteiger partial charge in [-0.1, -0.05) is 48.9 Å². The maximum atomic E-state index is 13.2. The van der Waals surface area contributed by atoms with E-state index in [1.54, 1.807) is 16.4 Å². The first-order valence-corrected chi connectivity index (χ1v) is 10.4. The molecule has 26 heavy (non-hydrogen) atoms. The van der Waals surface area contributed by atoms with Crippen LogP contribution in [0.1, 0.15) is 19.3 Å². The van der Waals surface area contributed by atoms with Gasteiger partial charge in [0.05, 0.1) is 4.90 Å². The van der Waals surface area contributed by atoms with Crippen LogP contribution in [0.5, 0.6) is 0 Å². The van der Waals surface area contributed by atoms with Gasteiger partial charge in [0.2, 0.25) is 10.0 Å². The van der Waals surface area contributed by atoms with Crippen molar-refractivity contribution in [3.05, 3.63) is 54.6 Å². The third kappa shape index (κ3) is 3.54. The molecule has 4 nitrogen and oxygen atoms in total. The minimum Gasteiger partial charge on any atom is -0.327 e. The Labute approximate surface area is 161 Å². The molecular formula is C20H25ClN2O2S. The fraction of sp³-hybridized carbons (Fsp3) is 0.400. The van der Waals surface area contributed by atoms with Crippen LogP contribution in [0.2, 0.25) is 0 Å². The van der Waals surface area contributed by atoms with Gasteiger partial charge in [-0.3, -0.25) is 0 Å². The summed E-state index contributed by atoms with van der Waals surface area (Å²) < 4.78 is 28.0. The molecule has 0 aromatic heterocycles. The van der Waals surface area contributed by atoms with E-state index in [-0.39, 0.29) is 18.4 Å². The Balaban J connectivity index is 0.00000196. The maximum Gasteiger partial charge on any atom is 0.243 e. The van der Waals surface area contributed by atoms with Crippen LogP contribution >= 0.6 is 12.4 Å². The van der Waals surface area contributed by atoms with Crippen LogP contribution < -0.4 is 5.73 Å². The maximum absolute atomic E-state index is 13.2. The lowest BCUT2D eigenvalue weighted by Crippen LogP contribution is -2.38. The minimum absolute atomic E-state index is 0. The molecule has 0 amide bonds. The molecule has 1 saturated heterocycles. The van der Waals surface area contributed by atoms with Gasteiger partial charge in [-0.2, -0.15) is 4.31 Å². The van der Waals surface area contributed by atoms with Gasteiger partial charge in [-0.15, -0.1) is 12.4 Å². The molecule has 1 heterocycles. The molecule has 2 aliphatic rings. The van der Waals surface area contributed by atoms with Crippen LogP contribution in [0.15, 0.2) is 59.5 Å². The zero-order valence-corrected chi connectivity index (χ0v) is 16.3. The molecule has 2 aromatic rings. The summed E-state index contributed by atoms with van der Waals surface area (Å²) in [6, 6.07) is 17.3. The first-order valence-electron chi connectivity index (χ1n) is 8.97. The van der Waals surface area contributed by atoms with Crippen molar-refractivity contribution in [3.63, 3.8) is 0 Å². The molecule has 0 radical (unpaired) electrons. The number of nitrogens with two attached hydrogens (primary N) is 1. The highest BCUT2D eigenvalue weighted by Crippen LogP contribution is 2.38. The molecule has 2 fully saturated rings. The van der Waals surface area contributed by atoms with Crippen molar-refractivity contribution in [1.82, 2.24) is 4.31 Å². The van der Waals surface area contributed by atoms with E-state index in [1.807, 2.05) is 42.5 Å². The fourth-order valence-electron chi connectivity index (χ4n) is 4.29. The number of benzene rings is 2. The zero-order chi connectivity index (χ0) is 17.4. The first-order chi connectivity index (χ1) is 12.1. The molecule has 2 aromatic carbocycles. The van der Waals surface area contributed by atoms with Crippen LogP contribution in [0, 0.1) is 11.8 Å². The van der Waals surface area contributed by atoms with Gasteiger partial charge in [0.15, 0.2) is 0 Å². The summed E-state index contributed by atoms with van der Waals surface area (Å²) in [5.41, 5.74) is 8.19. The molecule has 6 heteroatoms. The zero-order valence-electron chi connectivity index (χ0n) is 14.6. The SMILES string of the molecule is Cl.NC1CCCC2CN(S(=O)(=O)c3cccc(-c4ccccc4)c3)CC12. The Morgan fingerprint density at radius 1 is 0.923 bits per heavy atom. The summed E-state index contributed by atoms with van der Waals surface area (Å²) in [5.74, 6) is 0.719. The molecule has 0 bridgehead atoms. The fourth-order valence-corrected chi connectivity index (χ4v) is 5.87. The lowest BCUT2D eigenvalue weighted by molar-refractivity contribution is 0.260. The number of fused-ring (bicyclic) bond motifs is 1. The molecule has 1 aliphatic heterocycles. The van der Waals surface area contributed by atoms with Crippen LogP contribution in [0.3, 0.4) is 0 Å². The number of sulfonamides is 1. The van der Waals surface area contributed by atoms with Crippen molar-refractivity contribution in [2.45, 2.75) is 30.2 Å². The Morgan fingerprint density at radius 2 is 1.65 bits per heavy atom. The molecule has 0 spiro atoms. The van der Waals surface area contributed by atoms with Crippen molar-refractivity contribution in [2.75, 3.05) is 13.1 Å². The summed E-state index contributed by atoms with van der Waals surface area (Å²) >= 11 is 0. The van der Waals surface area contributed by atoms with Gasteiger partial charge in [0.1, 0.15) is 0 Å². The average molecular weight is 393 g/mol. The highest BCUT2D eigenvalue weighted by molar-refractivity contribution is 7.89. The van der Waals surface area contributed by atoms with E-state index >= 15 is 0 Å². The van der Waals surface area contributed by atoms with Crippen LogP contribution in [0.25, 0.3) is 11.1 Å². The van der Waals surface area contributed by atoms with Gasteiger partial charge >= 0.3 is 0 Å². The first kappa shape index (κ1) is 19.4. The van der Waals surface area contributed by atoms with E-state index < -0.39 is 10.0 Å². The van der Waals surface area contributed by atoms with Gasteiger partial charge < -0.3 is 5.73 Å². The second-order valence-electron chi connectivity index (χ2n) is 7.23. The Bertz CT molecular complexity index is 857. The highest BCUT2D eigenvalue weighted by atomic mass is 35.5. The van der Waals surface area contributed by atoms with E-state index in [0.717, 1.165) is 30.4 Å². The van der Waals surface area contributed by atoms with E-state index in [2.05, 4.69) is 0 Å². The number of hydrogen-bond donors (Lipinski definition) is 1. The average Bonchev–Trinajstić information content (AvgIpc) is 3.09. The van der Waals surface area contributed by atoms with E-state index in [4.69, 9.17) is 5.73 Å². The number of hydrogen-bond acceptors (Lipinski definition) is 3. The van der Waals surface area contributed by atoms with Crippen LogP contribution in [-0.4, -0.2) is 31.9 Å². The summed E-state index contributed by atoms with van der Waals surface area (Å²) in [4.78, 5) is 0.376. The van der Waals surface area contributed by atoms with Crippen molar-refractivity contribution in [1.29, 1.82) is 0 Å². The molecule has 3 unspecified atom stereocenters. The summed E-state index contributed by atoms with van der Waals surface area (Å²) in [5, 5.41) is 0. The largest absolute Gasteiger partial charge is 0.327 e.